The van der Waals surface area contributed by atoms with Crippen LogP contribution in [0, 0.1) is 5.92 Å². The normalized spacial score (nSPS) is 15.8. The van der Waals surface area contributed by atoms with Gasteiger partial charge in [-0.05, 0) is 43.4 Å². The predicted molar refractivity (Wildman–Crippen MR) is 86.8 cm³/mol. The molecule has 22 heavy (non-hydrogen) atoms. The highest BCUT2D eigenvalue weighted by Gasteiger charge is 2.18. The number of hydrogen-bond donors (Lipinski definition) is 2. The summed E-state index contributed by atoms with van der Waals surface area (Å²) < 4.78 is 5.06. The second-order valence-corrected chi connectivity index (χ2v) is 5.69. The lowest BCUT2D eigenvalue weighted by molar-refractivity contribution is -0.125. The maximum Gasteiger partial charge on any atom is 0.246 e. The second-order valence-electron chi connectivity index (χ2n) is 5.69. The SMILES string of the molecule is CCOCC(=O)NCc1ccc(N2CCC(CO)CC2)cc1. The molecule has 0 atom stereocenters. The smallest absolute Gasteiger partial charge is 0.246 e. The molecule has 1 saturated heterocycles. The molecule has 0 saturated carbocycles. The number of amides is 1. The van der Waals surface area contributed by atoms with Crippen LogP contribution in [0.2, 0.25) is 0 Å². The van der Waals surface area contributed by atoms with E-state index >= 15 is 0 Å². The van der Waals surface area contributed by atoms with Crippen molar-refractivity contribution in [3.63, 3.8) is 0 Å². The summed E-state index contributed by atoms with van der Waals surface area (Å²) in [5, 5.41) is 12.0. The van der Waals surface area contributed by atoms with Gasteiger partial charge in [-0.3, -0.25) is 4.79 Å². The zero-order valence-corrected chi connectivity index (χ0v) is 13.3. The van der Waals surface area contributed by atoms with E-state index in [2.05, 4.69) is 34.5 Å². The number of rotatable bonds is 7. The molecule has 122 valence electrons. The van der Waals surface area contributed by atoms with Crippen LogP contribution in [0.3, 0.4) is 0 Å². The Morgan fingerprint density at radius 2 is 2.00 bits per heavy atom. The predicted octanol–water partition coefficient (Wildman–Crippen LogP) is 1.55. The molecular formula is C17H26N2O3. The van der Waals surface area contributed by atoms with Crippen molar-refractivity contribution in [3.8, 4) is 0 Å². The molecule has 1 amide bonds. The summed E-state index contributed by atoms with van der Waals surface area (Å²) in [6, 6.07) is 8.30. The second kappa shape index (κ2) is 8.76. The topological polar surface area (TPSA) is 61.8 Å². The van der Waals surface area contributed by atoms with Gasteiger partial charge in [0.25, 0.3) is 0 Å². The van der Waals surface area contributed by atoms with Gasteiger partial charge >= 0.3 is 0 Å². The molecule has 1 aliphatic rings. The highest BCUT2D eigenvalue weighted by molar-refractivity contribution is 5.77. The van der Waals surface area contributed by atoms with Gasteiger partial charge in [-0.25, -0.2) is 0 Å². The van der Waals surface area contributed by atoms with Gasteiger partial charge in [-0.1, -0.05) is 12.1 Å². The van der Waals surface area contributed by atoms with Crippen molar-refractivity contribution < 1.29 is 14.6 Å². The number of carbonyl (C=O) groups excluding carboxylic acids is 1. The molecule has 2 N–H and O–H groups in total. The molecular weight excluding hydrogens is 280 g/mol. The maximum absolute atomic E-state index is 11.5. The first-order valence-corrected chi connectivity index (χ1v) is 8.02. The Morgan fingerprint density at radius 1 is 1.32 bits per heavy atom. The van der Waals surface area contributed by atoms with Gasteiger partial charge in [0.05, 0.1) is 0 Å². The third-order valence-electron chi connectivity index (χ3n) is 4.10. The lowest BCUT2D eigenvalue weighted by atomic mass is 9.97. The van der Waals surface area contributed by atoms with E-state index in [1.54, 1.807) is 0 Å². The third-order valence-corrected chi connectivity index (χ3v) is 4.10. The molecule has 1 heterocycles. The number of aliphatic hydroxyl groups is 1. The number of anilines is 1. The third kappa shape index (κ3) is 5.00. The Morgan fingerprint density at radius 3 is 2.59 bits per heavy atom. The number of piperidine rings is 1. The summed E-state index contributed by atoms with van der Waals surface area (Å²) in [6.07, 6.45) is 2.09. The molecule has 1 fully saturated rings. The van der Waals surface area contributed by atoms with E-state index < -0.39 is 0 Å². The Labute approximate surface area is 132 Å². The minimum absolute atomic E-state index is 0.0861. The van der Waals surface area contributed by atoms with Gasteiger partial charge in [0.15, 0.2) is 0 Å². The zero-order valence-electron chi connectivity index (χ0n) is 13.3. The number of hydrogen-bond acceptors (Lipinski definition) is 4. The van der Waals surface area contributed by atoms with E-state index in [0.717, 1.165) is 31.5 Å². The van der Waals surface area contributed by atoms with Crippen LogP contribution in [0.5, 0.6) is 0 Å². The first kappa shape index (κ1) is 16.8. The lowest BCUT2D eigenvalue weighted by Crippen LogP contribution is -2.34. The highest BCUT2D eigenvalue weighted by atomic mass is 16.5. The Balaban J connectivity index is 1.79. The largest absolute Gasteiger partial charge is 0.396 e. The molecule has 0 radical (unpaired) electrons. The molecule has 0 aliphatic carbocycles. The number of nitrogens with zero attached hydrogens (tertiary/aromatic N) is 1. The summed E-state index contributed by atoms with van der Waals surface area (Å²) in [6.45, 7) is 5.36. The standard InChI is InChI=1S/C17H26N2O3/c1-2-22-13-17(21)18-11-14-3-5-16(6-4-14)19-9-7-15(12-20)8-10-19/h3-6,15,20H,2,7-13H2,1H3,(H,18,21). The molecule has 2 rings (SSSR count). The minimum atomic E-state index is -0.0861. The molecule has 0 bridgehead atoms. The van der Waals surface area contributed by atoms with Crippen LogP contribution in [0.25, 0.3) is 0 Å². The number of carbonyl (C=O) groups is 1. The molecule has 1 aliphatic heterocycles. The summed E-state index contributed by atoms with van der Waals surface area (Å²) in [7, 11) is 0. The van der Waals surface area contributed by atoms with E-state index in [1.807, 2.05) is 6.92 Å². The van der Waals surface area contributed by atoms with Crippen molar-refractivity contribution in [1.29, 1.82) is 0 Å². The Kier molecular flexibility index (Phi) is 6.68. The minimum Gasteiger partial charge on any atom is -0.396 e. The number of benzene rings is 1. The number of ether oxygens (including phenoxy) is 1. The van der Waals surface area contributed by atoms with E-state index in [0.29, 0.717) is 25.7 Å². The highest BCUT2D eigenvalue weighted by Crippen LogP contribution is 2.23. The first-order valence-electron chi connectivity index (χ1n) is 8.02. The van der Waals surface area contributed by atoms with Gasteiger partial charge in [0, 0.05) is 38.5 Å². The first-order chi connectivity index (χ1) is 10.7. The molecule has 0 unspecified atom stereocenters. The van der Waals surface area contributed by atoms with Crippen LogP contribution < -0.4 is 10.2 Å². The van der Waals surface area contributed by atoms with E-state index in [4.69, 9.17) is 4.74 Å². The van der Waals surface area contributed by atoms with Gasteiger partial charge in [0.1, 0.15) is 6.61 Å². The number of aliphatic hydroxyl groups excluding tert-OH is 1. The van der Waals surface area contributed by atoms with E-state index in [1.165, 1.54) is 5.69 Å². The van der Waals surface area contributed by atoms with Crippen molar-refractivity contribution in [2.75, 3.05) is 37.8 Å². The molecule has 0 aromatic heterocycles. The van der Waals surface area contributed by atoms with Gasteiger partial charge in [-0.2, -0.15) is 0 Å². The molecule has 1 aromatic rings. The summed E-state index contributed by atoms with van der Waals surface area (Å²) >= 11 is 0. The fraction of sp³-hybridized carbons (Fsp3) is 0.588. The maximum atomic E-state index is 11.5. The number of nitrogens with one attached hydrogen (secondary N) is 1. The lowest BCUT2D eigenvalue weighted by Gasteiger charge is -2.33. The summed E-state index contributed by atoms with van der Waals surface area (Å²) in [5.41, 5.74) is 2.29. The van der Waals surface area contributed by atoms with Crippen LogP contribution in [-0.4, -0.2) is 43.9 Å². The Bertz CT molecular complexity index is 453. The fourth-order valence-corrected chi connectivity index (χ4v) is 2.64. The molecule has 1 aromatic carbocycles. The van der Waals surface area contributed by atoms with E-state index in [9.17, 15) is 9.90 Å². The van der Waals surface area contributed by atoms with Crippen LogP contribution in [0.4, 0.5) is 5.69 Å². The summed E-state index contributed by atoms with van der Waals surface area (Å²) in [5.74, 6) is 0.369. The van der Waals surface area contributed by atoms with Crippen molar-refractivity contribution in [2.24, 2.45) is 5.92 Å². The van der Waals surface area contributed by atoms with Gasteiger partial charge in [-0.15, -0.1) is 0 Å². The van der Waals surface area contributed by atoms with Crippen LogP contribution >= 0.6 is 0 Å². The van der Waals surface area contributed by atoms with E-state index in [-0.39, 0.29) is 12.5 Å². The average molecular weight is 306 g/mol. The Hall–Kier alpha value is -1.59. The average Bonchev–Trinajstić information content (AvgIpc) is 2.58. The van der Waals surface area contributed by atoms with Crippen molar-refractivity contribution in [1.82, 2.24) is 5.32 Å². The monoisotopic (exact) mass is 306 g/mol. The van der Waals surface area contributed by atoms with Crippen molar-refractivity contribution in [3.05, 3.63) is 29.8 Å². The quantitative estimate of drug-likeness (QED) is 0.802. The molecule has 5 heteroatoms. The zero-order chi connectivity index (χ0) is 15.8. The fourth-order valence-electron chi connectivity index (χ4n) is 2.64. The molecule has 0 spiro atoms. The van der Waals surface area contributed by atoms with Gasteiger partial charge in [0.2, 0.25) is 5.91 Å². The van der Waals surface area contributed by atoms with Gasteiger partial charge < -0.3 is 20.1 Å². The van der Waals surface area contributed by atoms with Crippen LogP contribution in [0.1, 0.15) is 25.3 Å². The summed E-state index contributed by atoms with van der Waals surface area (Å²) in [4.78, 5) is 13.8. The van der Waals surface area contributed by atoms with Crippen molar-refractivity contribution in [2.45, 2.75) is 26.3 Å². The molecule has 5 nitrogen and oxygen atoms in total. The van der Waals surface area contributed by atoms with Crippen LogP contribution in [-0.2, 0) is 16.1 Å². The van der Waals surface area contributed by atoms with Crippen molar-refractivity contribution >= 4 is 11.6 Å². The van der Waals surface area contributed by atoms with Crippen LogP contribution in [0.15, 0.2) is 24.3 Å².